The third-order valence-electron chi connectivity index (χ3n) is 3.14. The van der Waals surface area contributed by atoms with E-state index in [1.54, 1.807) is 6.07 Å². The van der Waals surface area contributed by atoms with E-state index in [0.717, 1.165) is 19.3 Å². The molecule has 0 heterocycles. The Morgan fingerprint density at radius 2 is 2.21 bits per heavy atom. The molecule has 0 bridgehead atoms. The molecule has 19 heavy (non-hydrogen) atoms. The molecule has 3 nitrogen and oxygen atoms in total. The van der Waals surface area contributed by atoms with Crippen LogP contribution in [0.3, 0.4) is 0 Å². The largest absolute Gasteiger partial charge is 0.330 e. The summed E-state index contributed by atoms with van der Waals surface area (Å²) in [5.74, 6) is -0.252. The standard InChI is InChI=1S/C14H20ClFN2O/c1-2-10(7-8-17)3-6-14(19)18-13-5-4-11(15)9-12(13)16/h4-5,9-10H,2-3,6-8,17H2,1H3,(H,18,19). The van der Waals surface area contributed by atoms with E-state index >= 15 is 0 Å². The number of hydrogen-bond donors (Lipinski definition) is 2. The quantitative estimate of drug-likeness (QED) is 0.805. The summed E-state index contributed by atoms with van der Waals surface area (Å²) in [6.45, 7) is 2.71. The Morgan fingerprint density at radius 1 is 1.47 bits per heavy atom. The average molecular weight is 287 g/mol. The molecule has 3 N–H and O–H groups in total. The Hall–Kier alpha value is -1.13. The molecule has 0 spiro atoms. The summed E-state index contributed by atoms with van der Waals surface area (Å²) in [5, 5.41) is 2.86. The maximum absolute atomic E-state index is 13.5. The molecule has 0 aromatic heterocycles. The number of nitrogens with two attached hydrogens (primary N) is 1. The third-order valence-corrected chi connectivity index (χ3v) is 3.37. The van der Waals surface area contributed by atoms with Gasteiger partial charge in [0.1, 0.15) is 5.82 Å². The fourth-order valence-corrected chi connectivity index (χ4v) is 2.09. The molecule has 1 rings (SSSR count). The molecular weight excluding hydrogens is 267 g/mol. The fourth-order valence-electron chi connectivity index (χ4n) is 1.93. The lowest BCUT2D eigenvalue weighted by molar-refractivity contribution is -0.116. The van der Waals surface area contributed by atoms with E-state index in [9.17, 15) is 9.18 Å². The minimum absolute atomic E-state index is 0.168. The molecule has 106 valence electrons. The fraction of sp³-hybridized carbons (Fsp3) is 0.500. The Bertz CT molecular complexity index is 426. The molecule has 1 amide bonds. The van der Waals surface area contributed by atoms with Crippen molar-refractivity contribution in [2.75, 3.05) is 11.9 Å². The summed E-state index contributed by atoms with van der Waals surface area (Å²) < 4.78 is 13.5. The summed E-state index contributed by atoms with van der Waals surface area (Å²) in [6, 6.07) is 4.19. The number of benzene rings is 1. The van der Waals surface area contributed by atoms with Crippen LogP contribution in [-0.4, -0.2) is 12.5 Å². The summed E-state index contributed by atoms with van der Waals surface area (Å²) in [4.78, 5) is 11.7. The first-order valence-electron chi connectivity index (χ1n) is 6.51. The van der Waals surface area contributed by atoms with Gasteiger partial charge in [0.05, 0.1) is 5.69 Å². The monoisotopic (exact) mass is 286 g/mol. The summed E-state index contributed by atoms with van der Waals surface area (Å²) in [7, 11) is 0. The van der Waals surface area contributed by atoms with Crippen molar-refractivity contribution in [3.8, 4) is 0 Å². The van der Waals surface area contributed by atoms with Gasteiger partial charge in [-0.3, -0.25) is 4.79 Å². The lowest BCUT2D eigenvalue weighted by Crippen LogP contribution is -2.15. The van der Waals surface area contributed by atoms with Gasteiger partial charge < -0.3 is 11.1 Å². The summed E-state index contributed by atoms with van der Waals surface area (Å²) in [6.07, 6.45) is 3.06. The number of amides is 1. The van der Waals surface area contributed by atoms with Crippen molar-refractivity contribution >= 4 is 23.2 Å². The molecule has 1 aromatic rings. The minimum atomic E-state index is -0.519. The molecule has 1 atom stereocenters. The summed E-state index contributed by atoms with van der Waals surface area (Å²) >= 11 is 5.65. The zero-order valence-electron chi connectivity index (χ0n) is 11.1. The van der Waals surface area contributed by atoms with Gasteiger partial charge in [0.15, 0.2) is 0 Å². The smallest absolute Gasteiger partial charge is 0.224 e. The molecular formula is C14H20ClFN2O. The van der Waals surface area contributed by atoms with Crippen LogP contribution in [0.25, 0.3) is 0 Å². The van der Waals surface area contributed by atoms with E-state index < -0.39 is 5.82 Å². The summed E-state index contributed by atoms with van der Waals surface area (Å²) in [5.41, 5.74) is 5.67. The number of hydrogen-bond acceptors (Lipinski definition) is 2. The van der Waals surface area contributed by atoms with E-state index in [0.29, 0.717) is 23.9 Å². The highest BCUT2D eigenvalue weighted by Crippen LogP contribution is 2.20. The lowest BCUT2D eigenvalue weighted by atomic mass is 9.96. The zero-order chi connectivity index (χ0) is 14.3. The number of rotatable bonds is 7. The van der Waals surface area contributed by atoms with Crippen molar-refractivity contribution in [3.05, 3.63) is 29.0 Å². The van der Waals surface area contributed by atoms with Gasteiger partial charge >= 0.3 is 0 Å². The average Bonchev–Trinajstić information content (AvgIpc) is 2.38. The molecule has 0 saturated heterocycles. The molecule has 0 radical (unpaired) electrons. The van der Waals surface area contributed by atoms with Crippen LogP contribution in [0, 0.1) is 11.7 Å². The van der Waals surface area contributed by atoms with Crippen LogP contribution in [0.5, 0.6) is 0 Å². The van der Waals surface area contributed by atoms with Gasteiger partial charge in [0.2, 0.25) is 5.91 Å². The van der Waals surface area contributed by atoms with Crippen LogP contribution in [0.4, 0.5) is 10.1 Å². The maximum atomic E-state index is 13.5. The van der Waals surface area contributed by atoms with E-state index in [1.807, 2.05) is 0 Å². The molecule has 0 saturated carbocycles. The number of anilines is 1. The highest BCUT2D eigenvalue weighted by molar-refractivity contribution is 6.30. The number of carbonyl (C=O) groups excluding carboxylic acids is 1. The van der Waals surface area contributed by atoms with Crippen LogP contribution < -0.4 is 11.1 Å². The van der Waals surface area contributed by atoms with E-state index in [-0.39, 0.29) is 11.6 Å². The van der Waals surface area contributed by atoms with E-state index in [4.69, 9.17) is 17.3 Å². The predicted molar refractivity (Wildman–Crippen MR) is 76.7 cm³/mol. The van der Waals surface area contributed by atoms with Gasteiger partial charge in [-0.15, -0.1) is 0 Å². The van der Waals surface area contributed by atoms with Gasteiger partial charge in [-0.25, -0.2) is 4.39 Å². The number of carbonyl (C=O) groups is 1. The maximum Gasteiger partial charge on any atom is 0.224 e. The van der Waals surface area contributed by atoms with Crippen LogP contribution >= 0.6 is 11.6 Å². The molecule has 0 aliphatic carbocycles. The van der Waals surface area contributed by atoms with Crippen LogP contribution in [0.2, 0.25) is 5.02 Å². The van der Waals surface area contributed by atoms with Gasteiger partial charge in [-0.1, -0.05) is 24.9 Å². The zero-order valence-corrected chi connectivity index (χ0v) is 11.8. The second-order valence-electron chi connectivity index (χ2n) is 4.56. The van der Waals surface area contributed by atoms with E-state index in [1.165, 1.54) is 12.1 Å². The number of nitrogens with one attached hydrogen (secondary N) is 1. The van der Waals surface area contributed by atoms with Gasteiger partial charge in [-0.05, 0) is 43.5 Å². The molecule has 1 aromatic carbocycles. The van der Waals surface area contributed by atoms with Crippen molar-refractivity contribution in [3.63, 3.8) is 0 Å². The Balaban J connectivity index is 2.46. The predicted octanol–water partition coefficient (Wildman–Crippen LogP) is 3.57. The second kappa shape index (κ2) is 8.12. The van der Waals surface area contributed by atoms with Crippen molar-refractivity contribution in [1.29, 1.82) is 0 Å². The lowest BCUT2D eigenvalue weighted by Gasteiger charge is -2.13. The highest BCUT2D eigenvalue weighted by atomic mass is 35.5. The van der Waals surface area contributed by atoms with Gasteiger partial charge in [0.25, 0.3) is 0 Å². The molecule has 0 fully saturated rings. The van der Waals surface area contributed by atoms with Crippen LogP contribution in [0.15, 0.2) is 18.2 Å². The third kappa shape index (κ3) is 5.57. The van der Waals surface area contributed by atoms with Crippen molar-refractivity contribution in [2.45, 2.75) is 32.6 Å². The number of halogens is 2. The topological polar surface area (TPSA) is 55.1 Å². The minimum Gasteiger partial charge on any atom is -0.330 e. The van der Waals surface area contributed by atoms with Crippen molar-refractivity contribution < 1.29 is 9.18 Å². The SMILES string of the molecule is CCC(CCN)CCC(=O)Nc1ccc(Cl)cc1F. The normalized spacial score (nSPS) is 12.2. The molecule has 0 aliphatic heterocycles. The first kappa shape index (κ1) is 15.9. The highest BCUT2D eigenvalue weighted by Gasteiger charge is 2.11. The Labute approximate surface area is 118 Å². The van der Waals surface area contributed by atoms with Crippen molar-refractivity contribution in [2.24, 2.45) is 11.7 Å². The molecule has 0 aliphatic rings. The van der Waals surface area contributed by atoms with Crippen LogP contribution in [0.1, 0.15) is 32.6 Å². The first-order chi connectivity index (χ1) is 9.06. The first-order valence-corrected chi connectivity index (χ1v) is 6.89. The molecule has 1 unspecified atom stereocenters. The Morgan fingerprint density at radius 3 is 2.79 bits per heavy atom. The van der Waals surface area contributed by atoms with Gasteiger partial charge in [0, 0.05) is 11.4 Å². The van der Waals surface area contributed by atoms with E-state index in [2.05, 4.69) is 12.2 Å². The Kier molecular flexibility index (Phi) is 6.81. The second-order valence-corrected chi connectivity index (χ2v) is 5.00. The molecule has 5 heteroatoms. The van der Waals surface area contributed by atoms with Gasteiger partial charge in [-0.2, -0.15) is 0 Å². The van der Waals surface area contributed by atoms with Crippen LogP contribution in [-0.2, 0) is 4.79 Å². The van der Waals surface area contributed by atoms with Crippen molar-refractivity contribution in [1.82, 2.24) is 0 Å².